The van der Waals surface area contributed by atoms with E-state index < -0.39 is 27.2 Å². The maximum absolute atomic E-state index is 13.2. The molecule has 1 heterocycles. The van der Waals surface area contributed by atoms with Gasteiger partial charge in [-0.25, -0.2) is 13.4 Å². The number of carbonyl (C=O) groups is 1. The Kier molecular flexibility index (Phi) is 9.00. The third-order valence-electron chi connectivity index (χ3n) is 3.89. The lowest BCUT2D eigenvalue weighted by molar-refractivity contribution is -0.110. The first kappa shape index (κ1) is 24.8. The summed E-state index contributed by atoms with van der Waals surface area (Å²) in [4.78, 5) is 21.7. The van der Waals surface area contributed by atoms with E-state index in [-0.39, 0.29) is 41.1 Å². The highest BCUT2D eigenvalue weighted by Gasteiger charge is 2.22. The average molecular weight is 475 g/mol. The fourth-order valence-corrected chi connectivity index (χ4v) is 4.03. The molecular weight excluding hydrogens is 451 g/mol. The van der Waals surface area contributed by atoms with Crippen molar-refractivity contribution in [2.24, 2.45) is 5.16 Å². The highest BCUT2D eigenvalue weighted by Crippen LogP contribution is 2.18. The highest BCUT2D eigenvalue weighted by atomic mass is 32.2. The zero-order chi connectivity index (χ0) is 23.0. The molecule has 0 aliphatic heterocycles. The Hall–Kier alpha value is -2.45. The van der Waals surface area contributed by atoms with Crippen molar-refractivity contribution in [3.63, 3.8) is 0 Å². The minimum absolute atomic E-state index is 0.0253. The number of methoxy groups -OCH3 is 1. The van der Waals surface area contributed by atoms with Crippen molar-refractivity contribution in [2.45, 2.75) is 17.9 Å². The van der Waals surface area contributed by atoms with Gasteiger partial charge in [-0.2, -0.15) is 8.70 Å². The van der Waals surface area contributed by atoms with Gasteiger partial charge in [0.15, 0.2) is 16.0 Å². The van der Waals surface area contributed by atoms with Crippen LogP contribution in [0.25, 0.3) is 0 Å². The molecule has 0 aliphatic rings. The molecule has 1 aromatic carbocycles. The van der Waals surface area contributed by atoms with Crippen LogP contribution in [0.15, 0.2) is 40.5 Å². The number of amides is 1. The summed E-state index contributed by atoms with van der Waals surface area (Å²) in [7, 11) is -0.975. The van der Waals surface area contributed by atoms with E-state index in [2.05, 4.69) is 15.5 Å². The van der Waals surface area contributed by atoms with Crippen LogP contribution in [0, 0.1) is 5.13 Å². The largest absolute Gasteiger partial charge is 0.395 e. The molecule has 1 atom stereocenters. The van der Waals surface area contributed by atoms with Gasteiger partial charge in [-0.05, 0) is 19.1 Å². The second kappa shape index (κ2) is 11.2. The van der Waals surface area contributed by atoms with Crippen molar-refractivity contribution in [3.05, 3.63) is 41.2 Å². The number of nitrogens with zero attached hydrogens (tertiary/aromatic N) is 3. The predicted molar refractivity (Wildman–Crippen MR) is 113 cm³/mol. The van der Waals surface area contributed by atoms with Crippen LogP contribution in [0.5, 0.6) is 0 Å². The number of nitrogens with one attached hydrogen (secondary N) is 1. The molecule has 2 aromatic rings. The number of hydrogen-bond acceptors (Lipinski definition) is 9. The Morgan fingerprint density at radius 1 is 1.39 bits per heavy atom. The van der Waals surface area contributed by atoms with Gasteiger partial charge in [-0.3, -0.25) is 10.1 Å². The van der Waals surface area contributed by atoms with Crippen LogP contribution < -0.4 is 5.32 Å². The van der Waals surface area contributed by atoms with Crippen LogP contribution in [-0.2, 0) is 24.4 Å². The van der Waals surface area contributed by atoms with Crippen molar-refractivity contribution < 1.29 is 32.3 Å². The smallest absolute Gasteiger partial charge is 0.280 e. The quantitative estimate of drug-likeness (QED) is 0.371. The SMILES string of the molecule is COC[C@@H](C)ON=C(C(=O)Nc1ncc(F)s1)c1ccc(S(=O)(=O)N(C)CCO)cc1. The van der Waals surface area contributed by atoms with Gasteiger partial charge in [0.25, 0.3) is 5.91 Å². The summed E-state index contributed by atoms with van der Waals surface area (Å²) in [5, 5.41) is 14.8. The molecule has 170 valence electrons. The lowest BCUT2D eigenvalue weighted by Crippen LogP contribution is -2.29. The number of aromatic nitrogens is 1. The van der Waals surface area contributed by atoms with E-state index in [1.54, 1.807) is 6.92 Å². The Balaban J connectivity index is 2.32. The lowest BCUT2D eigenvalue weighted by atomic mass is 10.1. The normalized spacial score (nSPS) is 13.3. The minimum atomic E-state index is -3.81. The van der Waals surface area contributed by atoms with Crippen molar-refractivity contribution in [1.82, 2.24) is 9.29 Å². The van der Waals surface area contributed by atoms with Gasteiger partial charge in [0.2, 0.25) is 10.0 Å². The number of halogens is 1. The number of ether oxygens (including phenoxy) is 1. The first-order valence-electron chi connectivity index (χ1n) is 9.02. The average Bonchev–Trinajstić information content (AvgIpc) is 3.13. The number of likely N-dealkylation sites (N-methyl/N-ethyl adjacent to an activating group) is 1. The number of benzene rings is 1. The molecule has 31 heavy (non-hydrogen) atoms. The lowest BCUT2D eigenvalue weighted by Gasteiger charge is -2.16. The minimum Gasteiger partial charge on any atom is -0.395 e. The predicted octanol–water partition coefficient (Wildman–Crippen LogP) is 1.29. The van der Waals surface area contributed by atoms with E-state index >= 15 is 0 Å². The standard InChI is InChI=1S/C18H23FN4O6S2/c1-12(11-28-3)29-22-16(17(25)21-18-20-10-15(19)30-18)13-4-6-14(7-5-13)31(26,27)23(2)8-9-24/h4-7,10,12,24H,8-9,11H2,1-3H3,(H,20,21,25)/t12-/m1/s1. The molecule has 10 nitrogen and oxygen atoms in total. The summed E-state index contributed by atoms with van der Waals surface area (Å²) < 4.78 is 44.1. The Morgan fingerprint density at radius 2 is 2.06 bits per heavy atom. The molecule has 1 amide bonds. The number of thiazole rings is 1. The van der Waals surface area contributed by atoms with Crippen LogP contribution in [-0.4, -0.2) is 74.5 Å². The number of hydrogen-bond donors (Lipinski definition) is 2. The first-order chi connectivity index (χ1) is 14.7. The van der Waals surface area contributed by atoms with Gasteiger partial charge < -0.3 is 14.7 Å². The third kappa shape index (κ3) is 6.77. The summed E-state index contributed by atoms with van der Waals surface area (Å²) in [6.07, 6.45) is 0.508. The summed E-state index contributed by atoms with van der Waals surface area (Å²) >= 11 is 0.644. The molecule has 2 rings (SSSR count). The number of sulfonamides is 1. The van der Waals surface area contributed by atoms with Crippen molar-refractivity contribution in [3.8, 4) is 0 Å². The van der Waals surface area contributed by atoms with Gasteiger partial charge in [0, 0.05) is 26.3 Å². The number of oxime groups is 1. The molecule has 0 radical (unpaired) electrons. The molecule has 13 heteroatoms. The van der Waals surface area contributed by atoms with E-state index in [9.17, 15) is 17.6 Å². The summed E-state index contributed by atoms with van der Waals surface area (Å²) in [6, 6.07) is 5.40. The van der Waals surface area contributed by atoms with Crippen molar-refractivity contribution in [2.75, 3.05) is 39.2 Å². The highest BCUT2D eigenvalue weighted by molar-refractivity contribution is 7.89. The first-order valence-corrected chi connectivity index (χ1v) is 11.3. The van der Waals surface area contributed by atoms with E-state index in [1.807, 2.05) is 0 Å². The number of rotatable bonds is 11. The van der Waals surface area contributed by atoms with Crippen LogP contribution in [0.3, 0.4) is 0 Å². The maximum Gasteiger partial charge on any atom is 0.280 e. The second-order valence-corrected chi connectivity index (χ2v) is 9.34. The zero-order valence-electron chi connectivity index (χ0n) is 17.1. The van der Waals surface area contributed by atoms with E-state index in [1.165, 1.54) is 38.4 Å². The molecule has 0 aliphatic carbocycles. The molecule has 0 saturated heterocycles. The van der Waals surface area contributed by atoms with Crippen LogP contribution >= 0.6 is 11.3 Å². The van der Waals surface area contributed by atoms with Crippen LogP contribution in [0.2, 0.25) is 0 Å². The van der Waals surface area contributed by atoms with Crippen molar-refractivity contribution >= 4 is 38.1 Å². The number of aliphatic hydroxyl groups is 1. The van der Waals surface area contributed by atoms with Gasteiger partial charge in [-0.15, -0.1) is 0 Å². The number of carbonyl (C=O) groups excluding carboxylic acids is 1. The fraction of sp³-hybridized carbons (Fsp3) is 0.389. The van der Waals surface area contributed by atoms with Gasteiger partial charge in [-0.1, -0.05) is 28.6 Å². The van der Waals surface area contributed by atoms with E-state index in [0.717, 1.165) is 10.5 Å². The summed E-state index contributed by atoms with van der Waals surface area (Å²) in [6.45, 7) is 1.53. The molecule has 1 aromatic heterocycles. The third-order valence-corrected chi connectivity index (χ3v) is 6.46. The van der Waals surface area contributed by atoms with Gasteiger partial charge in [0.05, 0.1) is 24.3 Å². The fourth-order valence-electron chi connectivity index (χ4n) is 2.33. The molecule has 2 N–H and O–H groups in total. The Bertz CT molecular complexity index is 1010. The van der Waals surface area contributed by atoms with Crippen LogP contribution in [0.4, 0.5) is 9.52 Å². The summed E-state index contributed by atoms with van der Waals surface area (Å²) in [5.74, 6) is -0.716. The zero-order valence-corrected chi connectivity index (χ0v) is 18.7. The second-order valence-electron chi connectivity index (χ2n) is 6.31. The van der Waals surface area contributed by atoms with Gasteiger partial charge >= 0.3 is 0 Å². The molecular formula is C18H23FN4O6S2. The van der Waals surface area contributed by atoms with Crippen molar-refractivity contribution in [1.29, 1.82) is 0 Å². The van der Waals surface area contributed by atoms with E-state index in [4.69, 9.17) is 14.7 Å². The van der Waals surface area contributed by atoms with Gasteiger partial charge in [0.1, 0.15) is 6.10 Å². The molecule has 0 fully saturated rings. The molecule has 0 saturated carbocycles. The topological polar surface area (TPSA) is 130 Å². The summed E-state index contributed by atoms with van der Waals surface area (Å²) in [5.41, 5.74) is 0.106. The van der Waals surface area contributed by atoms with Crippen LogP contribution in [0.1, 0.15) is 12.5 Å². The monoisotopic (exact) mass is 474 g/mol. The molecule has 0 bridgehead atoms. The molecule has 0 unspecified atom stereocenters. The Morgan fingerprint density at radius 3 is 2.61 bits per heavy atom. The molecule has 0 spiro atoms. The number of aliphatic hydroxyl groups excluding tert-OH is 1. The van der Waals surface area contributed by atoms with E-state index in [0.29, 0.717) is 11.3 Å². The number of anilines is 1. The Labute approximate surface area is 183 Å². The maximum atomic E-state index is 13.2.